The van der Waals surface area contributed by atoms with Crippen molar-refractivity contribution in [3.8, 4) is 22.4 Å². The van der Waals surface area contributed by atoms with Crippen LogP contribution in [0.2, 0.25) is 0 Å². The zero-order valence-corrected chi connectivity index (χ0v) is 36.9. The number of rotatable bonds is 11. The van der Waals surface area contributed by atoms with E-state index in [2.05, 4.69) is 61.5 Å². The minimum Gasteiger partial charge on any atom is -0.512 e. The van der Waals surface area contributed by atoms with E-state index < -0.39 is 11.6 Å². The Labute approximate surface area is 346 Å². The quantitative estimate of drug-likeness (QED) is 0.0795. The molecule has 56 heavy (non-hydrogen) atoms. The van der Waals surface area contributed by atoms with Gasteiger partial charge in [-0.1, -0.05) is 97.5 Å². The van der Waals surface area contributed by atoms with Crippen molar-refractivity contribution in [1.82, 2.24) is 9.97 Å². The zero-order chi connectivity index (χ0) is 40.3. The summed E-state index contributed by atoms with van der Waals surface area (Å²) in [5.41, 5.74) is 4.03. The van der Waals surface area contributed by atoms with Crippen LogP contribution < -0.4 is 0 Å². The summed E-state index contributed by atoms with van der Waals surface area (Å²) in [6.45, 7) is 17.0. The number of benzene rings is 3. The maximum absolute atomic E-state index is 13.4. The molecule has 301 valence electrons. The summed E-state index contributed by atoms with van der Waals surface area (Å²) in [5.74, 6) is 0.628. The number of aliphatic hydroxyl groups excluding tert-OH is 1. The van der Waals surface area contributed by atoms with E-state index in [-0.39, 0.29) is 61.2 Å². The molecular formula is C46H52F3IrN2O3S-. The van der Waals surface area contributed by atoms with Crippen molar-refractivity contribution < 1.29 is 47.6 Å². The second-order valence-corrected chi connectivity index (χ2v) is 16.8. The molecule has 0 atom stereocenters. The monoisotopic (exact) mass is 962 g/mol. The number of thiophene rings is 1. The van der Waals surface area contributed by atoms with Crippen LogP contribution in [0.3, 0.4) is 0 Å². The Morgan fingerprint density at radius 3 is 2.20 bits per heavy atom. The minimum atomic E-state index is -4.35. The number of ketones is 1. The van der Waals surface area contributed by atoms with Gasteiger partial charge in [0.25, 0.3) is 0 Å². The van der Waals surface area contributed by atoms with Crippen LogP contribution in [0.15, 0.2) is 82.4 Å². The molecule has 3 aromatic carbocycles. The number of allylic oxidation sites excluding steroid dienone is 2. The van der Waals surface area contributed by atoms with E-state index in [9.17, 15) is 23.1 Å². The van der Waals surface area contributed by atoms with E-state index in [1.54, 1.807) is 17.4 Å². The molecule has 6 aromatic rings. The maximum atomic E-state index is 13.4. The predicted molar refractivity (Wildman–Crippen MR) is 221 cm³/mol. The maximum Gasteiger partial charge on any atom is 0.394 e. The standard InChI is InChI=1S/C33H28F3N2OS.C13H24O2.Ir/c1-31(2,3)25-15-21(14-19-8-6-7-9-22(19)25)29-30-23(12-13-37-29)24(18-40-30)20-10-11-27-26(16-20)38-28(39-27)17-32(4,5)33(34,35)36;1-5-10(6-2)12(14)9-13(15)11(7-3)8-4;/h6-13,15-16,18H,17H2,1-5H3;9-11,14H,5-8H2,1-4H3;/q-1;;/b;12-9-;. The Morgan fingerprint density at radius 1 is 0.911 bits per heavy atom. The second kappa shape index (κ2) is 18.2. The summed E-state index contributed by atoms with van der Waals surface area (Å²) >= 11 is 1.62. The van der Waals surface area contributed by atoms with Crippen molar-refractivity contribution in [3.05, 3.63) is 95.5 Å². The number of fused-ring (bicyclic) bond motifs is 3. The van der Waals surface area contributed by atoms with Gasteiger partial charge in [-0.05, 0) is 71.2 Å². The number of aliphatic hydroxyl groups is 1. The first-order valence-corrected chi connectivity index (χ1v) is 20.0. The van der Waals surface area contributed by atoms with Gasteiger partial charge < -0.3 is 9.52 Å². The third-order valence-corrected chi connectivity index (χ3v) is 11.5. The summed E-state index contributed by atoms with van der Waals surface area (Å²) in [4.78, 5) is 20.9. The molecule has 5 nitrogen and oxygen atoms in total. The smallest absolute Gasteiger partial charge is 0.394 e. The van der Waals surface area contributed by atoms with Crippen LogP contribution in [0.4, 0.5) is 13.2 Å². The predicted octanol–water partition coefficient (Wildman–Crippen LogP) is 14.0. The Kier molecular flexibility index (Phi) is 14.6. The van der Waals surface area contributed by atoms with Crippen molar-refractivity contribution in [3.63, 3.8) is 0 Å². The van der Waals surface area contributed by atoms with E-state index in [4.69, 9.17) is 9.40 Å². The number of alkyl halides is 3. The molecule has 0 fully saturated rings. The number of nitrogens with zero attached hydrogens (tertiary/aromatic N) is 2. The molecule has 10 heteroatoms. The summed E-state index contributed by atoms with van der Waals surface area (Å²) in [6.07, 6.45) is 2.05. The number of aromatic nitrogens is 2. The van der Waals surface area contributed by atoms with Crippen molar-refractivity contribution in [2.24, 2.45) is 17.3 Å². The Balaban J connectivity index is 0.000000372. The molecule has 0 saturated heterocycles. The molecule has 0 unspecified atom stereocenters. The van der Waals surface area contributed by atoms with Gasteiger partial charge in [0.1, 0.15) is 5.52 Å². The van der Waals surface area contributed by atoms with Crippen LogP contribution in [-0.4, -0.2) is 27.0 Å². The number of oxazole rings is 1. The van der Waals surface area contributed by atoms with Gasteiger partial charge in [0.05, 0.1) is 11.2 Å². The van der Waals surface area contributed by atoms with E-state index in [1.807, 2.05) is 58.2 Å². The Hall–Kier alpha value is -3.85. The van der Waals surface area contributed by atoms with Gasteiger partial charge in [0.2, 0.25) is 0 Å². The van der Waals surface area contributed by atoms with Gasteiger partial charge in [-0.3, -0.25) is 9.78 Å². The fourth-order valence-electron chi connectivity index (χ4n) is 6.83. The third-order valence-electron chi connectivity index (χ3n) is 10.5. The summed E-state index contributed by atoms with van der Waals surface area (Å²) in [5, 5.41) is 15.2. The average molecular weight is 962 g/mol. The van der Waals surface area contributed by atoms with Gasteiger partial charge in [0, 0.05) is 61.0 Å². The molecule has 3 heterocycles. The molecule has 0 spiro atoms. The number of hydrogen-bond acceptors (Lipinski definition) is 6. The largest absolute Gasteiger partial charge is 0.512 e. The SMILES string of the molecule is CC(C)(C)c1cc(-c2nccc3c(-c4ccc5oc(CC(C)(C)C(F)(F)F)nc5c4)csc23)[c-]c2ccccc12.CCC(CC)C(=O)/C=C(\O)C(CC)CC.[Ir]. The van der Waals surface area contributed by atoms with Crippen molar-refractivity contribution in [1.29, 1.82) is 0 Å². The molecule has 1 N–H and O–H groups in total. The van der Waals surface area contributed by atoms with Gasteiger partial charge in [0.15, 0.2) is 17.3 Å². The van der Waals surface area contributed by atoms with E-state index >= 15 is 0 Å². The van der Waals surface area contributed by atoms with Crippen LogP contribution in [0.25, 0.3) is 54.3 Å². The molecular weight excluding hydrogens is 910 g/mol. The molecule has 0 bridgehead atoms. The molecule has 0 aliphatic carbocycles. The minimum absolute atomic E-state index is 0. The molecule has 6 rings (SSSR count). The van der Waals surface area contributed by atoms with Gasteiger partial charge in [-0.15, -0.1) is 40.5 Å². The topological polar surface area (TPSA) is 76.2 Å². The molecule has 1 radical (unpaired) electrons. The summed E-state index contributed by atoms with van der Waals surface area (Å²) < 4.78 is 47.0. The molecule has 0 saturated carbocycles. The third kappa shape index (κ3) is 9.81. The second-order valence-electron chi connectivity index (χ2n) is 15.9. The average Bonchev–Trinajstić information content (AvgIpc) is 3.74. The van der Waals surface area contributed by atoms with Crippen LogP contribution in [0.1, 0.15) is 99.5 Å². The molecule has 3 aromatic heterocycles. The van der Waals surface area contributed by atoms with Crippen LogP contribution >= 0.6 is 11.3 Å². The van der Waals surface area contributed by atoms with Gasteiger partial charge in [-0.25, -0.2) is 4.98 Å². The van der Waals surface area contributed by atoms with Crippen LogP contribution in [0, 0.1) is 23.3 Å². The van der Waals surface area contributed by atoms with Gasteiger partial charge in [-0.2, -0.15) is 13.2 Å². The van der Waals surface area contributed by atoms with Crippen molar-refractivity contribution in [2.45, 2.75) is 106 Å². The number of halogens is 3. The van der Waals surface area contributed by atoms with Crippen molar-refractivity contribution in [2.75, 3.05) is 0 Å². The first kappa shape index (κ1) is 44.9. The molecule has 0 aliphatic heterocycles. The Bertz CT molecular complexity index is 2310. The zero-order valence-electron chi connectivity index (χ0n) is 33.7. The van der Waals surface area contributed by atoms with E-state index in [0.29, 0.717) is 11.1 Å². The van der Waals surface area contributed by atoms with Crippen molar-refractivity contribution >= 4 is 49.1 Å². The number of hydrogen-bond donors (Lipinski definition) is 1. The van der Waals surface area contributed by atoms with Gasteiger partial charge >= 0.3 is 6.18 Å². The van der Waals surface area contributed by atoms with Crippen LogP contribution in [-0.2, 0) is 36.7 Å². The summed E-state index contributed by atoms with van der Waals surface area (Å²) in [7, 11) is 0. The van der Waals surface area contributed by atoms with E-state index in [1.165, 1.54) is 17.0 Å². The fourth-order valence-corrected chi connectivity index (χ4v) is 7.91. The van der Waals surface area contributed by atoms with Crippen LogP contribution in [0.5, 0.6) is 0 Å². The first-order valence-electron chi connectivity index (χ1n) is 19.1. The van der Waals surface area contributed by atoms with E-state index in [0.717, 1.165) is 77.4 Å². The number of pyridine rings is 1. The number of carbonyl (C=O) groups excluding carboxylic acids is 1. The first-order chi connectivity index (χ1) is 25.9. The Morgan fingerprint density at radius 2 is 1.57 bits per heavy atom. The number of carbonyl (C=O) groups is 1. The normalized spacial score (nSPS) is 12.7. The molecule has 0 amide bonds. The molecule has 0 aliphatic rings. The summed E-state index contributed by atoms with van der Waals surface area (Å²) in [6, 6.07) is 21.7. The fraction of sp³-hybridized carbons (Fsp3) is 0.413.